The molecule has 0 aromatic carbocycles. The SMILES string of the molecule is CCCCCCCCCCCCCCCCCC1=C(C)C(=NC#N)CCC1(C)C. The summed E-state index contributed by atoms with van der Waals surface area (Å²) in [4.78, 5) is 4.07. The topological polar surface area (TPSA) is 36.1 Å². The minimum absolute atomic E-state index is 0.272. The lowest BCUT2D eigenvalue weighted by Crippen LogP contribution is -2.25. The first-order chi connectivity index (χ1) is 14.0. The second-order valence-electron chi connectivity index (χ2n) is 9.85. The molecule has 0 aromatic heterocycles. The lowest BCUT2D eigenvalue weighted by atomic mass is 9.70. The van der Waals surface area contributed by atoms with E-state index >= 15 is 0 Å². The molecule has 2 heteroatoms. The van der Waals surface area contributed by atoms with Crippen LogP contribution in [0.1, 0.15) is 143 Å². The molecule has 1 aliphatic carbocycles. The number of hydrogen-bond donors (Lipinski definition) is 0. The minimum Gasteiger partial charge on any atom is -0.178 e. The van der Waals surface area contributed by atoms with Crippen LogP contribution in [0.3, 0.4) is 0 Å². The Morgan fingerprint density at radius 3 is 1.69 bits per heavy atom. The van der Waals surface area contributed by atoms with Crippen LogP contribution >= 0.6 is 0 Å². The van der Waals surface area contributed by atoms with Crippen molar-refractivity contribution >= 4 is 5.71 Å². The summed E-state index contributed by atoms with van der Waals surface area (Å²) < 4.78 is 0. The number of nitriles is 1. The van der Waals surface area contributed by atoms with E-state index in [9.17, 15) is 0 Å². The molecule has 0 bridgehead atoms. The van der Waals surface area contributed by atoms with Crippen molar-refractivity contribution in [1.29, 1.82) is 5.26 Å². The standard InChI is InChI=1S/C27H48N2/c1-5-6-7-8-9-10-11-12-13-14-15-16-17-18-19-20-25-24(2)26(29-23-28)21-22-27(25,3)4/h5-22H2,1-4H3. The van der Waals surface area contributed by atoms with Crippen LogP contribution < -0.4 is 0 Å². The Kier molecular flexibility index (Phi) is 14.0. The summed E-state index contributed by atoms with van der Waals surface area (Å²) in [5.41, 5.74) is 4.15. The molecule has 0 N–H and O–H groups in total. The van der Waals surface area contributed by atoms with Crippen LogP contribution in [0.4, 0.5) is 0 Å². The molecule has 1 aliphatic rings. The average molecular weight is 401 g/mol. The van der Waals surface area contributed by atoms with E-state index in [1.54, 1.807) is 5.57 Å². The average Bonchev–Trinajstić information content (AvgIpc) is 2.69. The van der Waals surface area contributed by atoms with Gasteiger partial charge in [-0.05, 0) is 43.6 Å². The first-order valence-electron chi connectivity index (χ1n) is 12.7. The maximum absolute atomic E-state index is 8.91. The molecular formula is C27H48N2. The van der Waals surface area contributed by atoms with Crippen LogP contribution in [0.2, 0.25) is 0 Å². The minimum atomic E-state index is 0.272. The molecule has 0 spiro atoms. The van der Waals surface area contributed by atoms with Crippen LogP contribution in [0, 0.1) is 16.9 Å². The van der Waals surface area contributed by atoms with Crippen molar-refractivity contribution in [2.45, 2.75) is 143 Å². The predicted molar refractivity (Wildman–Crippen MR) is 128 cm³/mol. The molecule has 2 nitrogen and oxygen atoms in total. The van der Waals surface area contributed by atoms with Crippen molar-refractivity contribution < 1.29 is 0 Å². The summed E-state index contributed by atoms with van der Waals surface area (Å²) in [6.45, 7) is 9.19. The van der Waals surface area contributed by atoms with Gasteiger partial charge in [-0.3, -0.25) is 0 Å². The van der Waals surface area contributed by atoms with Gasteiger partial charge in [-0.1, -0.05) is 116 Å². The number of rotatable bonds is 16. The van der Waals surface area contributed by atoms with Crippen molar-refractivity contribution in [3.63, 3.8) is 0 Å². The van der Waals surface area contributed by atoms with Gasteiger partial charge in [0.05, 0.1) is 5.71 Å². The highest BCUT2D eigenvalue weighted by Crippen LogP contribution is 2.41. The molecular weight excluding hydrogens is 352 g/mol. The van der Waals surface area contributed by atoms with Gasteiger partial charge >= 0.3 is 0 Å². The van der Waals surface area contributed by atoms with Crippen LogP contribution in [0.15, 0.2) is 16.1 Å². The third-order valence-electron chi connectivity index (χ3n) is 6.90. The third kappa shape index (κ3) is 11.0. The Balaban J connectivity index is 2.05. The van der Waals surface area contributed by atoms with Crippen molar-refractivity contribution in [3.05, 3.63) is 11.1 Å². The van der Waals surface area contributed by atoms with E-state index in [0.29, 0.717) is 0 Å². The molecule has 166 valence electrons. The summed E-state index contributed by atoms with van der Waals surface area (Å²) in [6, 6.07) is 0. The zero-order chi connectivity index (χ0) is 21.4. The number of unbranched alkanes of at least 4 members (excludes halogenated alkanes) is 14. The Bertz CT molecular complexity index is 533. The first-order valence-corrected chi connectivity index (χ1v) is 12.7. The van der Waals surface area contributed by atoms with E-state index in [0.717, 1.165) is 18.6 Å². The fraction of sp³-hybridized carbons (Fsp3) is 0.852. The quantitative estimate of drug-likeness (QED) is 0.188. The van der Waals surface area contributed by atoms with Gasteiger partial charge in [0.15, 0.2) is 0 Å². The van der Waals surface area contributed by atoms with Crippen molar-refractivity contribution in [2.24, 2.45) is 10.4 Å². The maximum Gasteiger partial charge on any atom is 0.205 e. The Morgan fingerprint density at radius 1 is 0.793 bits per heavy atom. The van der Waals surface area contributed by atoms with E-state index < -0.39 is 0 Å². The van der Waals surface area contributed by atoms with Gasteiger partial charge in [0.2, 0.25) is 6.19 Å². The number of nitrogens with zero attached hydrogens (tertiary/aromatic N) is 2. The Hall–Kier alpha value is -1.10. The lowest BCUT2D eigenvalue weighted by Gasteiger charge is -2.35. The Labute approximate surface area is 182 Å². The highest BCUT2D eigenvalue weighted by atomic mass is 14.7. The predicted octanol–water partition coefficient (Wildman–Crippen LogP) is 9.31. The summed E-state index contributed by atoms with van der Waals surface area (Å²) in [6.07, 6.45) is 26.4. The monoisotopic (exact) mass is 400 g/mol. The van der Waals surface area contributed by atoms with Crippen molar-refractivity contribution in [2.75, 3.05) is 0 Å². The van der Waals surface area contributed by atoms with E-state index in [4.69, 9.17) is 5.26 Å². The van der Waals surface area contributed by atoms with E-state index in [1.807, 2.05) is 6.19 Å². The van der Waals surface area contributed by atoms with Gasteiger partial charge in [-0.15, -0.1) is 0 Å². The highest BCUT2D eigenvalue weighted by molar-refractivity contribution is 6.01. The lowest BCUT2D eigenvalue weighted by molar-refractivity contribution is 0.385. The van der Waals surface area contributed by atoms with Gasteiger partial charge in [0.1, 0.15) is 0 Å². The van der Waals surface area contributed by atoms with Gasteiger partial charge in [0, 0.05) is 0 Å². The van der Waals surface area contributed by atoms with Gasteiger partial charge in [-0.2, -0.15) is 10.3 Å². The molecule has 1 rings (SSSR count). The smallest absolute Gasteiger partial charge is 0.178 e. The first kappa shape index (κ1) is 25.9. The van der Waals surface area contributed by atoms with Crippen molar-refractivity contribution in [3.8, 4) is 6.19 Å². The van der Waals surface area contributed by atoms with Gasteiger partial charge in [-0.25, -0.2) is 0 Å². The molecule has 0 atom stereocenters. The van der Waals surface area contributed by atoms with Crippen LogP contribution in [0.5, 0.6) is 0 Å². The molecule has 0 aliphatic heterocycles. The molecule has 0 saturated heterocycles. The van der Waals surface area contributed by atoms with Gasteiger partial charge < -0.3 is 0 Å². The third-order valence-corrected chi connectivity index (χ3v) is 6.90. The van der Waals surface area contributed by atoms with E-state index in [2.05, 4.69) is 32.7 Å². The molecule has 0 radical (unpaired) electrons. The molecule has 0 amide bonds. The maximum atomic E-state index is 8.91. The summed E-state index contributed by atoms with van der Waals surface area (Å²) in [7, 11) is 0. The molecule has 0 unspecified atom stereocenters. The van der Waals surface area contributed by atoms with E-state index in [-0.39, 0.29) is 5.41 Å². The zero-order valence-electron chi connectivity index (χ0n) is 20.1. The van der Waals surface area contributed by atoms with Crippen LogP contribution in [-0.4, -0.2) is 5.71 Å². The number of aliphatic imine (C=N–C) groups is 1. The molecule has 0 fully saturated rings. The summed E-state index contributed by atoms with van der Waals surface area (Å²) in [5, 5.41) is 8.91. The fourth-order valence-corrected chi connectivity index (χ4v) is 4.85. The second kappa shape index (κ2) is 15.7. The molecule has 0 heterocycles. The highest BCUT2D eigenvalue weighted by Gasteiger charge is 2.30. The molecule has 29 heavy (non-hydrogen) atoms. The second-order valence-corrected chi connectivity index (χ2v) is 9.85. The normalized spacial score (nSPS) is 17.7. The summed E-state index contributed by atoms with van der Waals surface area (Å²) >= 11 is 0. The fourth-order valence-electron chi connectivity index (χ4n) is 4.85. The van der Waals surface area contributed by atoms with E-state index in [1.165, 1.54) is 108 Å². The Morgan fingerprint density at radius 2 is 1.24 bits per heavy atom. The number of hydrogen-bond acceptors (Lipinski definition) is 2. The largest absolute Gasteiger partial charge is 0.205 e. The van der Waals surface area contributed by atoms with Crippen LogP contribution in [-0.2, 0) is 0 Å². The van der Waals surface area contributed by atoms with Crippen LogP contribution in [0.25, 0.3) is 0 Å². The zero-order valence-corrected chi connectivity index (χ0v) is 20.1. The van der Waals surface area contributed by atoms with Gasteiger partial charge in [0.25, 0.3) is 0 Å². The molecule has 0 saturated carbocycles. The van der Waals surface area contributed by atoms with Crippen molar-refractivity contribution in [1.82, 2.24) is 0 Å². The number of allylic oxidation sites excluding steroid dienone is 2. The molecule has 0 aromatic rings. The summed E-state index contributed by atoms with van der Waals surface area (Å²) in [5.74, 6) is 0.